The summed E-state index contributed by atoms with van der Waals surface area (Å²) in [6.45, 7) is 1.87. The second-order valence-electron chi connectivity index (χ2n) is 6.17. The lowest BCUT2D eigenvalue weighted by molar-refractivity contribution is 1.37. The van der Waals surface area contributed by atoms with Crippen LogP contribution in [0.2, 0.25) is 0 Å². The average Bonchev–Trinajstić information content (AvgIpc) is 2.79. The first-order valence-electron chi connectivity index (χ1n) is 8.98. The van der Waals surface area contributed by atoms with Crippen LogP contribution in [0.1, 0.15) is 23.6 Å². The van der Waals surface area contributed by atoms with Crippen LogP contribution < -0.4 is 0 Å². The van der Waals surface area contributed by atoms with E-state index in [0.717, 1.165) is 16.7 Å². The molecule has 0 aromatic heterocycles. The van der Waals surface area contributed by atoms with Gasteiger partial charge in [-0.15, -0.1) is 0 Å². The van der Waals surface area contributed by atoms with E-state index in [0.29, 0.717) is 22.5 Å². The molecule has 0 bridgehead atoms. The summed E-state index contributed by atoms with van der Waals surface area (Å²) in [5.74, 6) is 0. The molecule has 29 heavy (non-hydrogen) atoms. The molecule has 0 heterocycles. The van der Waals surface area contributed by atoms with Gasteiger partial charge in [0.1, 0.15) is 0 Å². The predicted molar refractivity (Wildman–Crippen MR) is 117 cm³/mol. The normalized spacial score (nSPS) is 12.0. The van der Waals surface area contributed by atoms with Gasteiger partial charge in [0.25, 0.3) is 0 Å². The quantitative estimate of drug-likeness (QED) is 0.139. The lowest BCUT2D eigenvalue weighted by atomic mass is 9.91. The fourth-order valence-corrected chi connectivity index (χ4v) is 3.14. The Labute approximate surface area is 168 Å². The summed E-state index contributed by atoms with van der Waals surface area (Å²) in [5.41, 5.74) is 23.2. The fourth-order valence-electron chi connectivity index (χ4n) is 3.14. The monoisotopic (exact) mass is 378 g/mol. The molecule has 0 spiro atoms. The number of nitrogens with zero attached hydrogens (tertiary/aromatic N) is 6. The van der Waals surface area contributed by atoms with Gasteiger partial charge in [0.15, 0.2) is 0 Å². The molecule has 140 valence electrons. The van der Waals surface area contributed by atoms with Gasteiger partial charge in [-0.1, -0.05) is 101 Å². The molecule has 0 aliphatic carbocycles. The molecule has 0 unspecified atom stereocenters. The van der Waals surface area contributed by atoms with Crippen molar-refractivity contribution in [1.29, 1.82) is 0 Å². The number of rotatable bonds is 6. The number of benzene rings is 3. The van der Waals surface area contributed by atoms with Gasteiger partial charge in [0.05, 0.1) is 5.70 Å². The highest BCUT2D eigenvalue weighted by molar-refractivity contribution is 6.01. The summed E-state index contributed by atoms with van der Waals surface area (Å²) in [4.78, 5) is 6.09. The Balaban J connectivity index is 2.42. The molecule has 3 aromatic rings. The second-order valence-corrected chi connectivity index (χ2v) is 6.17. The molecule has 6 heteroatoms. The van der Waals surface area contributed by atoms with Crippen molar-refractivity contribution in [2.24, 2.45) is 10.2 Å². The van der Waals surface area contributed by atoms with E-state index in [1.165, 1.54) is 0 Å². The Morgan fingerprint density at radius 3 is 1.41 bits per heavy atom. The van der Waals surface area contributed by atoms with Crippen LogP contribution in [0.25, 0.3) is 37.9 Å². The first-order chi connectivity index (χ1) is 14.3. The van der Waals surface area contributed by atoms with E-state index in [1.807, 2.05) is 97.9 Å². The zero-order valence-electron chi connectivity index (χ0n) is 15.8. The van der Waals surface area contributed by atoms with Gasteiger partial charge in [-0.3, -0.25) is 0 Å². The summed E-state index contributed by atoms with van der Waals surface area (Å²) in [7, 11) is 0. The van der Waals surface area contributed by atoms with E-state index in [1.54, 1.807) is 0 Å². The third kappa shape index (κ3) is 4.54. The van der Waals surface area contributed by atoms with Crippen LogP contribution in [0.15, 0.2) is 107 Å². The van der Waals surface area contributed by atoms with Gasteiger partial charge in [0.2, 0.25) is 0 Å². The van der Waals surface area contributed by atoms with Gasteiger partial charge in [-0.2, -0.15) is 0 Å². The van der Waals surface area contributed by atoms with E-state index < -0.39 is 0 Å². The van der Waals surface area contributed by atoms with E-state index in [4.69, 9.17) is 0 Å². The number of hydrogen-bond donors (Lipinski definition) is 0. The maximum atomic E-state index is 9.26. The van der Waals surface area contributed by atoms with Gasteiger partial charge < -0.3 is 0 Å². The Kier molecular flexibility index (Phi) is 6.48. The molecule has 0 atom stereocenters. The highest BCUT2D eigenvalue weighted by Crippen LogP contribution is 2.37. The van der Waals surface area contributed by atoms with E-state index in [2.05, 4.69) is 20.1 Å². The Morgan fingerprint density at radius 2 is 0.966 bits per heavy atom. The molecule has 3 rings (SSSR count). The molecule has 0 amide bonds. The molecule has 0 N–H and O–H groups in total. The number of allylic oxidation sites excluding steroid dienone is 2. The van der Waals surface area contributed by atoms with Crippen LogP contribution in [-0.4, -0.2) is 0 Å². The molecule has 0 fully saturated rings. The van der Waals surface area contributed by atoms with Crippen molar-refractivity contribution >= 4 is 17.0 Å². The van der Waals surface area contributed by atoms with Crippen molar-refractivity contribution in [3.05, 3.63) is 134 Å². The van der Waals surface area contributed by atoms with Crippen LogP contribution in [0.4, 0.5) is 0 Å². The van der Waals surface area contributed by atoms with Gasteiger partial charge in [-0.25, -0.2) is 0 Å². The Morgan fingerprint density at radius 1 is 0.586 bits per heavy atom. The highest BCUT2D eigenvalue weighted by Gasteiger charge is 2.16. The molecule has 6 nitrogen and oxygen atoms in total. The molecule has 0 radical (unpaired) electrons. The maximum absolute atomic E-state index is 9.26. The van der Waals surface area contributed by atoms with Crippen molar-refractivity contribution in [2.75, 3.05) is 0 Å². The minimum atomic E-state index is 0.471. The topological polar surface area (TPSA) is 97.5 Å². The highest BCUT2D eigenvalue weighted by atomic mass is 15.1. The lowest BCUT2D eigenvalue weighted by Crippen LogP contribution is -1.96. The van der Waals surface area contributed by atoms with Crippen LogP contribution in [0, 0.1) is 0 Å². The lowest BCUT2D eigenvalue weighted by Gasteiger charge is -2.17. The van der Waals surface area contributed by atoms with Crippen LogP contribution in [-0.2, 0) is 0 Å². The Hall–Kier alpha value is -4.24. The average molecular weight is 378 g/mol. The minimum absolute atomic E-state index is 0.471. The molecule has 0 saturated carbocycles. The molecule has 0 aliphatic heterocycles. The third-order valence-electron chi connectivity index (χ3n) is 4.41. The summed E-state index contributed by atoms with van der Waals surface area (Å²) in [5, 5.41) is 7.99. The molecule has 0 aliphatic rings. The smallest absolute Gasteiger partial charge is 0.0528 e. The number of hydrogen-bond acceptors (Lipinski definition) is 2. The first-order valence-corrected chi connectivity index (χ1v) is 8.98. The van der Waals surface area contributed by atoms with Gasteiger partial charge >= 0.3 is 0 Å². The van der Waals surface area contributed by atoms with Crippen molar-refractivity contribution < 1.29 is 0 Å². The van der Waals surface area contributed by atoms with Crippen LogP contribution in [0.5, 0.6) is 0 Å². The zero-order valence-corrected chi connectivity index (χ0v) is 15.8. The largest absolute Gasteiger partial charge is 0.0622 e. The third-order valence-corrected chi connectivity index (χ3v) is 4.41. The van der Waals surface area contributed by atoms with E-state index in [-0.39, 0.29) is 0 Å². The van der Waals surface area contributed by atoms with E-state index in [9.17, 15) is 11.1 Å². The number of azide groups is 2. The SMILES string of the molecule is CC(=C(N=[N+]=[N-])c1ccccc1)C(=C(N=[N+]=[N-])c1ccccc1)c1ccccc1. The molecule has 3 aromatic carbocycles. The summed E-state index contributed by atoms with van der Waals surface area (Å²) < 4.78 is 0. The Bertz CT molecular complexity index is 1140. The van der Waals surface area contributed by atoms with Gasteiger partial charge in [0, 0.05) is 15.5 Å². The van der Waals surface area contributed by atoms with Crippen molar-refractivity contribution in [2.45, 2.75) is 6.92 Å². The summed E-state index contributed by atoms with van der Waals surface area (Å²) in [6.07, 6.45) is 0. The zero-order chi connectivity index (χ0) is 20.5. The standard InChI is InChI=1S/C23H18N6/c1-17(22(26-28-24)19-13-7-3-8-14-19)21(18-11-5-2-6-12-18)23(27-29-25)20-15-9-4-10-16-20/h2-16H,1H3. The second kappa shape index (κ2) is 9.62. The maximum Gasteiger partial charge on any atom is 0.0528 e. The molecule has 0 saturated heterocycles. The van der Waals surface area contributed by atoms with Gasteiger partial charge in [-0.05, 0) is 45.8 Å². The first kappa shape index (κ1) is 19.5. The van der Waals surface area contributed by atoms with Crippen molar-refractivity contribution in [3.8, 4) is 0 Å². The van der Waals surface area contributed by atoms with E-state index >= 15 is 0 Å². The summed E-state index contributed by atoms with van der Waals surface area (Å²) in [6, 6.07) is 28.5. The molecular weight excluding hydrogens is 360 g/mol. The summed E-state index contributed by atoms with van der Waals surface area (Å²) >= 11 is 0. The van der Waals surface area contributed by atoms with Crippen LogP contribution in [0.3, 0.4) is 0 Å². The fraction of sp³-hybridized carbons (Fsp3) is 0.0435. The van der Waals surface area contributed by atoms with Crippen LogP contribution >= 0.6 is 0 Å². The minimum Gasteiger partial charge on any atom is -0.0622 e. The predicted octanol–water partition coefficient (Wildman–Crippen LogP) is 7.61. The van der Waals surface area contributed by atoms with Crippen molar-refractivity contribution in [1.82, 2.24) is 0 Å². The molecular formula is C23H18N6. The van der Waals surface area contributed by atoms with Crippen molar-refractivity contribution in [3.63, 3.8) is 0 Å².